The van der Waals surface area contributed by atoms with Crippen LogP contribution in [0.3, 0.4) is 0 Å². The summed E-state index contributed by atoms with van der Waals surface area (Å²) in [5.41, 5.74) is 0.873. The molecule has 5 heteroatoms. The molecule has 1 aliphatic heterocycles. The van der Waals surface area contributed by atoms with Crippen LogP contribution in [0.15, 0.2) is 12.1 Å². The first kappa shape index (κ1) is 13.7. The molecule has 3 aliphatic rings. The van der Waals surface area contributed by atoms with Crippen molar-refractivity contribution in [2.45, 2.75) is 38.6 Å². The van der Waals surface area contributed by atoms with Gasteiger partial charge in [0.25, 0.3) is 0 Å². The molecule has 2 fully saturated rings. The van der Waals surface area contributed by atoms with Gasteiger partial charge in [0.1, 0.15) is 5.82 Å². The van der Waals surface area contributed by atoms with Crippen LogP contribution in [-0.2, 0) is 17.8 Å². The molecular weight excluding hydrogens is 285 g/mol. The maximum atomic E-state index is 13.9. The van der Waals surface area contributed by atoms with E-state index in [9.17, 15) is 19.1 Å². The zero-order valence-corrected chi connectivity index (χ0v) is 12.3. The van der Waals surface area contributed by atoms with E-state index in [-0.39, 0.29) is 29.2 Å². The second-order valence-electron chi connectivity index (χ2n) is 6.78. The molecule has 2 saturated carbocycles. The minimum absolute atomic E-state index is 0.116. The standard InChI is InChI=1S/C17H18FNO3/c18-14-4-3-12(15(20)21)13-9-19(7-5-11(13)14)16(22)17-6-1-2-10(17)8-17/h3-4,10H,1-2,5-9H2,(H,20,21). The number of aromatic carboxylic acids is 1. The first-order chi connectivity index (χ1) is 10.5. The van der Waals surface area contributed by atoms with Gasteiger partial charge in [0, 0.05) is 13.1 Å². The van der Waals surface area contributed by atoms with Crippen molar-refractivity contribution >= 4 is 11.9 Å². The Balaban J connectivity index is 1.65. The quantitative estimate of drug-likeness (QED) is 0.913. The SMILES string of the molecule is O=C(O)c1ccc(F)c2c1CN(C(=O)C13CCCC1C3)CC2. The molecule has 1 amide bonds. The smallest absolute Gasteiger partial charge is 0.336 e. The Kier molecular flexibility index (Phi) is 2.83. The van der Waals surface area contributed by atoms with Crippen molar-refractivity contribution in [2.75, 3.05) is 6.54 Å². The molecule has 1 aromatic rings. The van der Waals surface area contributed by atoms with E-state index in [2.05, 4.69) is 0 Å². The summed E-state index contributed by atoms with van der Waals surface area (Å²) in [6, 6.07) is 2.52. The molecule has 2 unspecified atom stereocenters. The van der Waals surface area contributed by atoms with Crippen molar-refractivity contribution in [1.82, 2.24) is 4.90 Å². The Labute approximate surface area is 127 Å². The predicted molar refractivity (Wildman–Crippen MR) is 76.9 cm³/mol. The fourth-order valence-corrected chi connectivity index (χ4v) is 4.42. The number of amides is 1. The van der Waals surface area contributed by atoms with Gasteiger partial charge in [-0.1, -0.05) is 6.42 Å². The van der Waals surface area contributed by atoms with E-state index in [4.69, 9.17) is 0 Å². The van der Waals surface area contributed by atoms with Crippen molar-refractivity contribution in [3.63, 3.8) is 0 Å². The average molecular weight is 303 g/mol. The van der Waals surface area contributed by atoms with Gasteiger partial charge in [0.05, 0.1) is 11.0 Å². The van der Waals surface area contributed by atoms with Crippen LogP contribution in [0.5, 0.6) is 0 Å². The lowest BCUT2D eigenvalue weighted by Crippen LogP contribution is -2.41. The van der Waals surface area contributed by atoms with Gasteiger partial charge in [-0.25, -0.2) is 9.18 Å². The number of fused-ring (bicyclic) bond motifs is 2. The minimum Gasteiger partial charge on any atom is -0.478 e. The average Bonchev–Trinajstić information content (AvgIpc) is 3.07. The molecule has 1 heterocycles. The lowest BCUT2D eigenvalue weighted by atomic mass is 9.92. The van der Waals surface area contributed by atoms with Gasteiger partial charge >= 0.3 is 5.97 Å². The number of nitrogens with zero attached hydrogens (tertiary/aromatic N) is 1. The Morgan fingerprint density at radius 1 is 1.32 bits per heavy atom. The number of hydrogen-bond donors (Lipinski definition) is 1. The van der Waals surface area contributed by atoms with Gasteiger partial charge in [-0.05, 0) is 54.9 Å². The summed E-state index contributed by atoms with van der Waals surface area (Å²) in [7, 11) is 0. The fraction of sp³-hybridized carbons (Fsp3) is 0.529. The third-order valence-electron chi connectivity index (χ3n) is 5.71. The van der Waals surface area contributed by atoms with Crippen molar-refractivity contribution in [3.8, 4) is 0 Å². The van der Waals surface area contributed by atoms with Crippen LogP contribution in [0.25, 0.3) is 0 Å². The highest BCUT2D eigenvalue weighted by Gasteiger charge is 2.63. The van der Waals surface area contributed by atoms with E-state index < -0.39 is 5.97 Å². The van der Waals surface area contributed by atoms with Crippen LogP contribution in [0, 0.1) is 17.2 Å². The van der Waals surface area contributed by atoms with Crippen molar-refractivity contribution in [1.29, 1.82) is 0 Å². The van der Waals surface area contributed by atoms with E-state index in [0.29, 0.717) is 30.0 Å². The summed E-state index contributed by atoms with van der Waals surface area (Å²) < 4.78 is 13.9. The minimum atomic E-state index is -1.06. The van der Waals surface area contributed by atoms with Crippen molar-refractivity contribution < 1.29 is 19.1 Å². The zero-order valence-electron chi connectivity index (χ0n) is 12.3. The van der Waals surface area contributed by atoms with Crippen LogP contribution >= 0.6 is 0 Å². The Bertz CT molecular complexity index is 687. The maximum absolute atomic E-state index is 13.9. The van der Waals surface area contributed by atoms with Gasteiger partial charge in [-0.15, -0.1) is 0 Å². The van der Waals surface area contributed by atoms with E-state index >= 15 is 0 Å². The monoisotopic (exact) mass is 303 g/mol. The first-order valence-electron chi connectivity index (χ1n) is 7.86. The van der Waals surface area contributed by atoms with E-state index in [1.54, 1.807) is 4.90 Å². The molecule has 0 radical (unpaired) electrons. The number of rotatable bonds is 2. The lowest BCUT2D eigenvalue weighted by Gasteiger charge is -2.32. The fourth-order valence-electron chi connectivity index (χ4n) is 4.42. The molecular formula is C17H18FNO3. The topological polar surface area (TPSA) is 57.6 Å². The number of hydrogen-bond acceptors (Lipinski definition) is 2. The number of carbonyl (C=O) groups is 2. The van der Waals surface area contributed by atoms with Crippen molar-refractivity contribution in [2.24, 2.45) is 11.3 Å². The Morgan fingerprint density at radius 3 is 2.77 bits per heavy atom. The maximum Gasteiger partial charge on any atom is 0.336 e. The van der Waals surface area contributed by atoms with Crippen LogP contribution in [0.1, 0.15) is 47.2 Å². The van der Waals surface area contributed by atoms with Gasteiger partial charge in [-0.3, -0.25) is 4.79 Å². The normalized spacial score (nSPS) is 29.0. The highest BCUT2D eigenvalue weighted by atomic mass is 19.1. The van der Waals surface area contributed by atoms with Crippen LogP contribution in [0.4, 0.5) is 4.39 Å². The molecule has 0 aromatic heterocycles. The van der Waals surface area contributed by atoms with Crippen LogP contribution < -0.4 is 0 Å². The molecule has 1 N–H and O–H groups in total. The van der Waals surface area contributed by atoms with Gasteiger partial charge in [0.2, 0.25) is 5.91 Å². The molecule has 0 spiro atoms. The summed E-state index contributed by atoms with van der Waals surface area (Å²) in [5.74, 6) is -0.751. The van der Waals surface area contributed by atoms with Gasteiger partial charge in [-0.2, -0.15) is 0 Å². The second kappa shape index (κ2) is 4.54. The Hall–Kier alpha value is -1.91. The van der Waals surface area contributed by atoms with Crippen molar-refractivity contribution in [3.05, 3.63) is 34.6 Å². The predicted octanol–water partition coefficient (Wildman–Crippen LogP) is 2.60. The molecule has 4 nitrogen and oxygen atoms in total. The molecule has 1 aromatic carbocycles. The highest BCUT2D eigenvalue weighted by molar-refractivity contribution is 5.91. The third kappa shape index (κ3) is 1.81. The second-order valence-corrected chi connectivity index (χ2v) is 6.78. The molecule has 22 heavy (non-hydrogen) atoms. The van der Waals surface area contributed by atoms with Crippen LogP contribution in [-0.4, -0.2) is 28.4 Å². The summed E-state index contributed by atoms with van der Waals surface area (Å²) in [4.78, 5) is 25.9. The number of carbonyl (C=O) groups excluding carboxylic acids is 1. The molecule has 0 bridgehead atoms. The number of carboxylic acids is 1. The highest BCUT2D eigenvalue weighted by Crippen LogP contribution is 2.64. The molecule has 2 atom stereocenters. The van der Waals surface area contributed by atoms with E-state index in [1.807, 2.05) is 0 Å². The summed E-state index contributed by atoms with van der Waals surface area (Å²) in [6.07, 6.45) is 4.56. The zero-order chi connectivity index (χ0) is 15.5. The van der Waals surface area contributed by atoms with Crippen LogP contribution in [0.2, 0.25) is 0 Å². The number of benzene rings is 1. The third-order valence-corrected chi connectivity index (χ3v) is 5.71. The van der Waals surface area contributed by atoms with E-state index in [1.165, 1.54) is 12.1 Å². The molecule has 4 rings (SSSR count). The number of carboxylic acid groups (broad SMARTS) is 1. The summed E-state index contributed by atoms with van der Waals surface area (Å²) in [5, 5.41) is 9.30. The molecule has 0 saturated heterocycles. The lowest BCUT2D eigenvalue weighted by molar-refractivity contribution is -0.138. The van der Waals surface area contributed by atoms with Gasteiger partial charge < -0.3 is 10.0 Å². The summed E-state index contributed by atoms with van der Waals surface area (Å²) in [6.45, 7) is 0.711. The largest absolute Gasteiger partial charge is 0.478 e. The number of halogens is 1. The molecule has 2 aliphatic carbocycles. The summed E-state index contributed by atoms with van der Waals surface area (Å²) >= 11 is 0. The molecule has 116 valence electrons. The Morgan fingerprint density at radius 2 is 2.14 bits per heavy atom. The van der Waals surface area contributed by atoms with Gasteiger partial charge in [0.15, 0.2) is 0 Å². The van der Waals surface area contributed by atoms with E-state index in [0.717, 1.165) is 25.7 Å². The first-order valence-corrected chi connectivity index (χ1v) is 7.86.